The molecule has 32 heavy (non-hydrogen) atoms. The molecule has 2 heterocycles. The Balaban J connectivity index is 1.69. The Hall–Kier alpha value is -2.78. The van der Waals surface area contributed by atoms with Gasteiger partial charge in [-0.3, -0.25) is 9.69 Å². The molecule has 3 rings (SSSR count). The Morgan fingerprint density at radius 1 is 1.22 bits per heavy atom. The maximum atomic E-state index is 13.2. The highest BCUT2D eigenvalue weighted by molar-refractivity contribution is 5.86. The molecular formula is C23H33N5O4. The van der Waals surface area contributed by atoms with Crippen LogP contribution < -0.4 is 0 Å². The number of rotatable bonds is 9. The summed E-state index contributed by atoms with van der Waals surface area (Å²) in [6.45, 7) is 10.2. The maximum absolute atomic E-state index is 13.2. The number of benzene rings is 1. The van der Waals surface area contributed by atoms with Gasteiger partial charge in [0.25, 0.3) is 0 Å². The fraction of sp³-hybridized carbons (Fsp3) is 0.565. The van der Waals surface area contributed by atoms with Crippen molar-refractivity contribution in [3.63, 3.8) is 0 Å². The summed E-state index contributed by atoms with van der Waals surface area (Å²) in [6.07, 6.45) is 2.34. The molecule has 9 nitrogen and oxygen atoms in total. The Morgan fingerprint density at radius 2 is 1.88 bits per heavy atom. The first-order valence-electron chi connectivity index (χ1n) is 11.1. The molecule has 0 aliphatic carbocycles. The molecule has 4 atom stereocenters. The molecule has 0 bridgehead atoms. The number of amides is 1. The van der Waals surface area contributed by atoms with Crippen molar-refractivity contribution in [1.82, 2.24) is 24.8 Å². The first-order chi connectivity index (χ1) is 15.3. The molecule has 9 heteroatoms. The minimum atomic E-state index is -1.02. The molecule has 1 aromatic heterocycles. The van der Waals surface area contributed by atoms with E-state index in [-0.39, 0.29) is 31.1 Å². The van der Waals surface area contributed by atoms with Gasteiger partial charge in [-0.05, 0) is 33.3 Å². The van der Waals surface area contributed by atoms with Crippen molar-refractivity contribution >= 4 is 11.9 Å². The van der Waals surface area contributed by atoms with Crippen molar-refractivity contribution in [2.45, 2.75) is 65.0 Å². The van der Waals surface area contributed by atoms with E-state index in [2.05, 4.69) is 15.2 Å². The molecule has 1 aliphatic heterocycles. The van der Waals surface area contributed by atoms with Gasteiger partial charge in [0.05, 0.1) is 24.1 Å². The largest absolute Gasteiger partial charge is 0.480 e. The van der Waals surface area contributed by atoms with Crippen molar-refractivity contribution in [1.29, 1.82) is 0 Å². The topological polar surface area (TPSA) is 101 Å². The quantitative estimate of drug-likeness (QED) is 0.632. The third-order valence-corrected chi connectivity index (χ3v) is 5.75. The molecule has 1 fully saturated rings. The van der Waals surface area contributed by atoms with E-state index < -0.39 is 18.1 Å². The van der Waals surface area contributed by atoms with Gasteiger partial charge < -0.3 is 14.7 Å². The molecule has 0 radical (unpaired) electrons. The number of likely N-dealkylation sites (N-methyl/N-ethyl adjacent to an activating group) is 1. The zero-order valence-corrected chi connectivity index (χ0v) is 19.2. The van der Waals surface area contributed by atoms with Gasteiger partial charge in [-0.1, -0.05) is 35.5 Å². The molecule has 0 saturated carbocycles. The highest BCUT2D eigenvalue weighted by Gasteiger charge is 2.32. The lowest BCUT2D eigenvalue weighted by atomic mass is 10.0. The number of carbonyl (C=O) groups is 2. The van der Waals surface area contributed by atoms with Crippen molar-refractivity contribution in [3.05, 3.63) is 47.8 Å². The summed E-state index contributed by atoms with van der Waals surface area (Å²) in [5.74, 6) is -1.31. The number of hydrogen-bond donors (Lipinski definition) is 1. The van der Waals surface area contributed by atoms with Gasteiger partial charge in [0.15, 0.2) is 0 Å². The molecule has 1 aliphatic rings. The predicted octanol–water partition coefficient (Wildman–Crippen LogP) is 1.99. The minimum Gasteiger partial charge on any atom is -0.480 e. The summed E-state index contributed by atoms with van der Waals surface area (Å²) in [5.41, 5.74) is 1.64. The summed E-state index contributed by atoms with van der Waals surface area (Å²) in [7, 11) is 0. The van der Waals surface area contributed by atoms with Crippen LogP contribution in [0.1, 0.15) is 45.0 Å². The van der Waals surface area contributed by atoms with Crippen LogP contribution in [0.15, 0.2) is 36.5 Å². The van der Waals surface area contributed by atoms with Crippen molar-refractivity contribution < 1.29 is 19.4 Å². The van der Waals surface area contributed by atoms with Gasteiger partial charge in [-0.15, -0.1) is 5.10 Å². The maximum Gasteiger partial charge on any atom is 0.326 e. The Morgan fingerprint density at radius 3 is 2.47 bits per heavy atom. The number of morpholine rings is 1. The van der Waals surface area contributed by atoms with E-state index in [1.165, 1.54) is 9.58 Å². The van der Waals surface area contributed by atoms with Gasteiger partial charge in [0.2, 0.25) is 5.91 Å². The third-order valence-electron chi connectivity index (χ3n) is 5.75. The highest BCUT2D eigenvalue weighted by atomic mass is 16.5. The summed E-state index contributed by atoms with van der Waals surface area (Å²) < 4.78 is 7.29. The third kappa shape index (κ3) is 5.92. The lowest BCUT2D eigenvalue weighted by Gasteiger charge is -2.34. The molecule has 174 valence electrons. The lowest BCUT2D eigenvalue weighted by Crippen LogP contribution is -2.48. The van der Waals surface area contributed by atoms with Crippen LogP contribution in [0.4, 0.5) is 0 Å². The van der Waals surface area contributed by atoms with E-state index in [1.54, 1.807) is 20.0 Å². The highest BCUT2D eigenvalue weighted by Crippen LogP contribution is 2.17. The average molecular weight is 444 g/mol. The average Bonchev–Trinajstić information content (AvgIpc) is 3.21. The van der Waals surface area contributed by atoms with Crippen LogP contribution in [0, 0.1) is 0 Å². The van der Waals surface area contributed by atoms with Crippen LogP contribution in [-0.4, -0.2) is 79.7 Å². The van der Waals surface area contributed by atoms with E-state index in [4.69, 9.17) is 4.74 Å². The number of aliphatic carboxylic acids is 1. The summed E-state index contributed by atoms with van der Waals surface area (Å²) in [4.78, 5) is 28.9. The zero-order valence-electron chi connectivity index (χ0n) is 19.2. The van der Waals surface area contributed by atoms with E-state index in [0.717, 1.165) is 24.3 Å². The van der Waals surface area contributed by atoms with E-state index in [0.29, 0.717) is 6.54 Å². The Bertz CT molecular complexity index is 893. The first kappa shape index (κ1) is 23.9. The number of carboxylic acids is 1. The van der Waals surface area contributed by atoms with Gasteiger partial charge in [0.1, 0.15) is 12.1 Å². The Kier molecular flexibility index (Phi) is 7.98. The second-order valence-electron chi connectivity index (χ2n) is 8.49. The fourth-order valence-corrected chi connectivity index (χ4v) is 4.27. The fourth-order valence-electron chi connectivity index (χ4n) is 4.27. The first-order valence-corrected chi connectivity index (χ1v) is 11.1. The molecule has 1 aromatic carbocycles. The van der Waals surface area contributed by atoms with E-state index in [9.17, 15) is 14.7 Å². The SMILES string of the molecule is CCN(C(=O)[C@H](C)n1cc(CN2C[C@@H](C)O[C@@H](C)C2)nn1)C(Cc1ccccc1)C(=O)O. The molecule has 0 spiro atoms. The van der Waals surface area contributed by atoms with Crippen LogP contribution in [-0.2, 0) is 27.3 Å². The van der Waals surface area contributed by atoms with Crippen LogP contribution in [0.25, 0.3) is 0 Å². The Labute approximate surface area is 189 Å². The van der Waals surface area contributed by atoms with Gasteiger partial charge in [-0.25, -0.2) is 9.48 Å². The zero-order chi connectivity index (χ0) is 23.3. The second kappa shape index (κ2) is 10.7. The van der Waals surface area contributed by atoms with Crippen LogP contribution >= 0.6 is 0 Å². The predicted molar refractivity (Wildman–Crippen MR) is 119 cm³/mol. The molecule has 1 saturated heterocycles. The number of carbonyl (C=O) groups excluding carboxylic acids is 1. The number of hydrogen-bond acceptors (Lipinski definition) is 6. The van der Waals surface area contributed by atoms with E-state index >= 15 is 0 Å². The standard InChI is InChI=1S/C23H33N5O4/c1-5-27(21(23(30)31)11-19-9-7-6-8-10-19)22(29)18(4)28-15-20(24-25-28)14-26-12-16(2)32-17(3)13-26/h6-10,15-18,21H,5,11-14H2,1-4H3,(H,30,31)/t16-,17+,18-,21?/m0/s1. The molecule has 2 aromatic rings. The van der Waals surface area contributed by atoms with Crippen LogP contribution in [0.5, 0.6) is 0 Å². The van der Waals surface area contributed by atoms with E-state index in [1.807, 2.05) is 44.2 Å². The number of aromatic nitrogens is 3. The van der Waals surface area contributed by atoms with Gasteiger partial charge in [0, 0.05) is 32.6 Å². The lowest BCUT2D eigenvalue weighted by molar-refractivity contribution is -0.151. The van der Waals surface area contributed by atoms with Crippen molar-refractivity contribution in [2.24, 2.45) is 0 Å². The molecular weight excluding hydrogens is 410 g/mol. The summed E-state index contributed by atoms with van der Waals surface area (Å²) >= 11 is 0. The van der Waals surface area contributed by atoms with Crippen molar-refractivity contribution in [2.75, 3.05) is 19.6 Å². The van der Waals surface area contributed by atoms with Crippen LogP contribution in [0.3, 0.4) is 0 Å². The monoisotopic (exact) mass is 443 g/mol. The molecule has 1 unspecified atom stereocenters. The summed E-state index contributed by atoms with van der Waals surface area (Å²) in [6, 6.07) is 7.74. The second-order valence-corrected chi connectivity index (χ2v) is 8.49. The van der Waals surface area contributed by atoms with Crippen LogP contribution in [0.2, 0.25) is 0 Å². The molecule has 1 N–H and O–H groups in total. The smallest absolute Gasteiger partial charge is 0.326 e. The normalized spacial score (nSPS) is 21.1. The minimum absolute atomic E-state index is 0.157. The van der Waals surface area contributed by atoms with Gasteiger partial charge >= 0.3 is 5.97 Å². The summed E-state index contributed by atoms with van der Waals surface area (Å²) in [5, 5.41) is 18.2. The number of carboxylic acid groups (broad SMARTS) is 1. The molecule has 1 amide bonds. The van der Waals surface area contributed by atoms with Gasteiger partial charge in [-0.2, -0.15) is 0 Å². The van der Waals surface area contributed by atoms with Crippen molar-refractivity contribution in [3.8, 4) is 0 Å². The number of ether oxygens (including phenoxy) is 1. The number of nitrogens with zero attached hydrogens (tertiary/aromatic N) is 5.